The molecular formula is C16H13N3O6. The van der Waals surface area contributed by atoms with Crippen LogP contribution >= 0.6 is 0 Å². The maximum atomic E-state index is 12.5. The molecule has 9 heteroatoms. The zero-order chi connectivity index (χ0) is 18.6. The SMILES string of the molecule is COc1ccc(C(=O)Cn2cc([N+](=O)[O-])cc(C#N)c2=O)c(OC)c1. The first-order valence-corrected chi connectivity index (χ1v) is 6.95. The first kappa shape index (κ1) is 17.7. The van der Waals surface area contributed by atoms with Crippen molar-refractivity contribution in [3.05, 3.63) is 62.1 Å². The van der Waals surface area contributed by atoms with Crippen LogP contribution in [0.4, 0.5) is 5.69 Å². The zero-order valence-electron chi connectivity index (χ0n) is 13.4. The quantitative estimate of drug-likeness (QED) is 0.442. The summed E-state index contributed by atoms with van der Waals surface area (Å²) in [5.41, 5.74) is -1.47. The number of nitrogens with zero attached hydrogens (tertiary/aromatic N) is 3. The Bertz CT molecular complexity index is 942. The Morgan fingerprint density at radius 3 is 2.60 bits per heavy atom. The third-order valence-corrected chi connectivity index (χ3v) is 3.43. The highest BCUT2D eigenvalue weighted by atomic mass is 16.6. The standard InChI is InChI=1S/C16H13N3O6/c1-24-12-3-4-13(15(6-12)25-2)14(20)9-18-8-11(19(22)23)5-10(7-17)16(18)21/h3-6,8H,9H2,1-2H3. The Kier molecular flexibility index (Phi) is 5.14. The van der Waals surface area contributed by atoms with Gasteiger partial charge < -0.3 is 9.47 Å². The number of nitriles is 1. The number of nitro groups is 1. The van der Waals surface area contributed by atoms with Crippen LogP contribution in [0.1, 0.15) is 15.9 Å². The molecule has 2 aromatic rings. The van der Waals surface area contributed by atoms with Crippen molar-refractivity contribution in [1.82, 2.24) is 4.57 Å². The van der Waals surface area contributed by atoms with Crippen molar-refractivity contribution < 1.29 is 19.2 Å². The van der Waals surface area contributed by atoms with E-state index in [1.165, 1.54) is 26.4 Å². The Morgan fingerprint density at radius 2 is 2.04 bits per heavy atom. The number of Topliss-reactive ketones (excluding diaryl/α,β-unsaturated/α-hetero) is 1. The molecule has 2 rings (SSSR count). The summed E-state index contributed by atoms with van der Waals surface area (Å²) in [6.45, 7) is -0.474. The molecule has 0 fully saturated rings. The van der Waals surface area contributed by atoms with Crippen LogP contribution in [0.25, 0.3) is 0 Å². The molecule has 128 valence electrons. The van der Waals surface area contributed by atoms with Crippen molar-refractivity contribution in [2.45, 2.75) is 6.54 Å². The Labute approximate surface area is 141 Å². The number of aromatic nitrogens is 1. The van der Waals surface area contributed by atoms with E-state index in [1.807, 2.05) is 0 Å². The van der Waals surface area contributed by atoms with Gasteiger partial charge in [-0.3, -0.25) is 24.3 Å². The molecule has 0 saturated heterocycles. The molecule has 0 spiro atoms. The lowest BCUT2D eigenvalue weighted by atomic mass is 10.1. The van der Waals surface area contributed by atoms with Gasteiger partial charge in [-0.25, -0.2) is 0 Å². The number of hydrogen-bond acceptors (Lipinski definition) is 7. The summed E-state index contributed by atoms with van der Waals surface area (Å²) < 4.78 is 11.0. The Morgan fingerprint density at radius 1 is 1.32 bits per heavy atom. The van der Waals surface area contributed by atoms with Crippen molar-refractivity contribution in [2.24, 2.45) is 0 Å². The average molecular weight is 343 g/mol. The second-order valence-corrected chi connectivity index (χ2v) is 4.90. The molecule has 1 heterocycles. The molecule has 0 amide bonds. The number of methoxy groups -OCH3 is 2. The van der Waals surface area contributed by atoms with Gasteiger partial charge in [0.15, 0.2) is 5.78 Å². The molecular weight excluding hydrogens is 330 g/mol. The summed E-state index contributed by atoms with van der Waals surface area (Å²) in [4.78, 5) is 34.8. The number of carbonyl (C=O) groups excluding carboxylic acids is 1. The van der Waals surface area contributed by atoms with Crippen molar-refractivity contribution in [3.63, 3.8) is 0 Å². The average Bonchev–Trinajstić information content (AvgIpc) is 2.62. The minimum absolute atomic E-state index is 0.181. The molecule has 0 aliphatic rings. The molecule has 0 saturated carbocycles. The van der Waals surface area contributed by atoms with Gasteiger partial charge in [-0.2, -0.15) is 5.26 Å². The molecule has 9 nitrogen and oxygen atoms in total. The van der Waals surface area contributed by atoms with Gasteiger partial charge >= 0.3 is 0 Å². The largest absolute Gasteiger partial charge is 0.497 e. The highest BCUT2D eigenvalue weighted by Crippen LogP contribution is 2.25. The van der Waals surface area contributed by atoms with Crippen LogP contribution in [0.5, 0.6) is 11.5 Å². The van der Waals surface area contributed by atoms with Gasteiger partial charge in [0.25, 0.3) is 11.2 Å². The predicted molar refractivity (Wildman–Crippen MR) is 85.9 cm³/mol. The summed E-state index contributed by atoms with van der Waals surface area (Å²) >= 11 is 0. The third-order valence-electron chi connectivity index (χ3n) is 3.43. The minimum atomic E-state index is -0.783. The highest BCUT2D eigenvalue weighted by Gasteiger charge is 2.18. The lowest BCUT2D eigenvalue weighted by Gasteiger charge is -2.10. The number of ketones is 1. The fraction of sp³-hybridized carbons (Fsp3) is 0.188. The van der Waals surface area contributed by atoms with E-state index in [-0.39, 0.29) is 11.3 Å². The van der Waals surface area contributed by atoms with E-state index in [0.717, 1.165) is 16.8 Å². The fourth-order valence-electron chi connectivity index (χ4n) is 2.19. The predicted octanol–water partition coefficient (Wildman–Crippen LogP) is 1.53. The highest BCUT2D eigenvalue weighted by molar-refractivity contribution is 5.98. The summed E-state index contributed by atoms with van der Waals surface area (Å²) in [6, 6.07) is 6.98. The topological polar surface area (TPSA) is 124 Å². The van der Waals surface area contributed by atoms with Gasteiger partial charge in [-0.05, 0) is 12.1 Å². The molecule has 1 aromatic heterocycles. The van der Waals surface area contributed by atoms with Gasteiger partial charge in [0.2, 0.25) is 0 Å². The van der Waals surface area contributed by atoms with Gasteiger partial charge in [-0.15, -0.1) is 0 Å². The second-order valence-electron chi connectivity index (χ2n) is 4.90. The van der Waals surface area contributed by atoms with Crippen LogP contribution in [-0.4, -0.2) is 29.5 Å². The number of pyridine rings is 1. The summed E-state index contributed by atoms with van der Waals surface area (Å²) in [7, 11) is 2.83. The van der Waals surface area contributed by atoms with E-state index >= 15 is 0 Å². The monoisotopic (exact) mass is 343 g/mol. The molecule has 0 unspecified atom stereocenters. The van der Waals surface area contributed by atoms with Crippen LogP contribution in [-0.2, 0) is 6.54 Å². The molecule has 1 aromatic carbocycles. The normalized spacial score (nSPS) is 9.96. The van der Waals surface area contributed by atoms with E-state index in [1.54, 1.807) is 12.1 Å². The molecule has 0 radical (unpaired) electrons. The smallest absolute Gasteiger partial charge is 0.287 e. The molecule has 25 heavy (non-hydrogen) atoms. The lowest BCUT2D eigenvalue weighted by molar-refractivity contribution is -0.385. The molecule has 0 aliphatic heterocycles. The maximum absolute atomic E-state index is 12.5. The number of rotatable bonds is 6. The first-order chi connectivity index (χ1) is 11.9. The Balaban J connectivity index is 2.45. The fourth-order valence-corrected chi connectivity index (χ4v) is 2.19. The first-order valence-electron chi connectivity index (χ1n) is 6.95. The van der Waals surface area contributed by atoms with E-state index in [0.29, 0.717) is 5.75 Å². The van der Waals surface area contributed by atoms with Crippen molar-refractivity contribution >= 4 is 11.5 Å². The molecule has 0 atom stereocenters. The summed E-state index contributed by atoms with van der Waals surface area (Å²) in [6.07, 6.45) is 0.928. The molecule has 0 aliphatic carbocycles. The van der Waals surface area contributed by atoms with Gasteiger partial charge in [0.05, 0.1) is 37.4 Å². The van der Waals surface area contributed by atoms with E-state index in [4.69, 9.17) is 14.7 Å². The van der Waals surface area contributed by atoms with Gasteiger partial charge in [0, 0.05) is 12.1 Å². The van der Waals surface area contributed by atoms with Crippen molar-refractivity contribution in [2.75, 3.05) is 14.2 Å². The van der Waals surface area contributed by atoms with Crippen LogP contribution in [0.15, 0.2) is 35.3 Å². The summed E-state index contributed by atoms with van der Waals surface area (Å²) in [5.74, 6) is 0.210. The van der Waals surface area contributed by atoms with Crippen LogP contribution < -0.4 is 15.0 Å². The number of benzene rings is 1. The van der Waals surface area contributed by atoms with Crippen LogP contribution in [0.2, 0.25) is 0 Å². The van der Waals surface area contributed by atoms with Gasteiger partial charge in [0.1, 0.15) is 23.1 Å². The van der Waals surface area contributed by atoms with Gasteiger partial charge in [-0.1, -0.05) is 0 Å². The number of ether oxygens (including phenoxy) is 2. The minimum Gasteiger partial charge on any atom is -0.497 e. The zero-order valence-corrected chi connectivity index (χ0v) is 13.4. The van der Waals surface area contributed by atoms with E-state index < -0.39 is 34.1 Å². The van der Waals surface area contributed by atoms with Crippen molar-refractivity contribution in [1.29, 1.82) is 5.26 Å². The Hall–Kier alpha value is -3.67. The van der Waals surface area contributed by atoms with E-state index in [2.05, 4.69) is 0 Å². The van der Waals surface area contributed by atoms with Crippen LogP contribution in [0, 0.1) is 21.4 Å². The molecule has 0 bridgehead atoms. The maximum Gasteiger partial charge on any atom is 0.287 e. The van der Waals surface area contributed by atoms with E-state index in [9.17, 15) is 19.7 Å². The third kappa shape index (κ3) is 3.64. The second kappa shape index (κ2) is 7.27. The molecule has 0 N–H and O–H groups in total. The van der Waals surface area contributed by atoms with Crippen molar-refractivity contribution in [3.8, 4) is 17.6 Å². The lowest BCUT2D eigenvalue weighted by Crippen LogP contribution is -2.26. The summed E-state index contributed by atoms with van der Waals surface area (Å²) in [5, 5.41) is 19.9. The number of carbonyl (C=O) groups is 1. The number of hydrogen-bond donors (Lipinski definition) is 0. The van der Waals surface area contributed by atoms with Crippen LogP contribution in [0.3, 0.4) is 0 Å².